The van der Waals surface area contributed by atoms with E-state index in [1.54, 1.807) is 0 Å². The molecule has 0 atom stereocenters. The fourth-order valence-electron chi connectivity index (χ4n) is 2.11. The summed E-state index contributed by atoms with van der Waals surface area (Å²) < 4.78 is 0. The molecule has 0 fully saturated rings. The number of hydrogen-bond acceptors (Lipinski definition) is 0. The third kappa shape index (κ3) is 1.15. The molecule has 0 heterocycles. The van der Waals surface area contributed by atoms with E-state index in [0.717, 1.165) is 12.8 Å². The van der Waals surface area contributed by atoms with E-state index in [-0.39, 0.29) is 0 Å². The summed E-state index contributed by atoms with van der Waals surface area (Å²) in [6.07, 6.45) is 15.4. The zero-order valence-electron chi connectivity index (χ0n) is 8.03. The Hall–Kier alpha value is -1.56. The minimum absolute atomic E-state index is 1.07. The predicted octanol–water partition coefficient (Wildman–Crippen LogP) is 1.78. The van der Waals surface area contributed by atoms with Gasteiger partial charge in [-0.25, -0.2) is 0 Å². The molecule has 0 saturated carbocycles. The largest absolute Gasteiger partial charge is 0.0801 e. The molecule has 3 rings (SSSR count). The van der Waals surface area contributed by atoms with Gasteiger partial charge in [0.05, 0.1) is 0 Å². The number of hydrogen-bond donors (Lipinski definition) is 0. The standard InChI is InChI=1S/C14H12/c1-2-6-12-10-14-8-4-3-7-13(14)9-11(12)5-1/h1-3,5,7-10H,4,6H2. The Morgan fingerprint density at radius 1 is 1.00 bits per heavy atom. The highest BCUT2D eigenvalue weighted by Gasteiger charge is 2.01. The summed E-state index contributed by atoms with van der Waals surface area (Å²) in [6, 6.07) is 4.62. The summed E-state index contributed by atoms with van der Waals surface area (Å²) in [5.41, 5.74) is 2.82. The lowest BCUT2D eigenvalue weighted by atomic mass is 9.97. The number of rotatable bonds is 0. The molecule has 0 spiro atoms. The van der Waals surface area contributed by atoms with E-state index in [0.29, 0.717) is 0 Å². The van der Waals surface area contributed by atoms with Crippen LogP contribution in [0.25, 0.3) is 18.2 Å². The Balaban J connectivity index is 2.37. The van der Waals surface area contributed by atoms with Gasteiger partial charge in [0.25, 0.3) is 0 Å². The maximum Gasteiger partial charge on any atom is -0.00882 e. The van der Waals surface area contributed by atoms with Gasteiger partial charge in [-0.3, -0.25) is 0 Å². The summed E-state index contributed by atoms with van der Waals surface area (Å²) in [6.45, 7) is 0. The molecule has 2 aliphatic rings. The summed E-state index contributed by atoms with van der Waals surface area (Å²) in [5, 5.41) is 2.78. The van der Waals surface area contributed by atoms with Crippen LogP contribution in [0.1, 0.15) is 17.5 Å². The molecule has 0 heteroatoms. The van der Waals surface area contributed by atoms with Crippen molar-refractivity contribution in [2.24, 2.45) is 0 Å². The van der Waals surface area contributed by atoms with Gasteiger partial charge in [-0.05, 0) is 40.5 Å². The Morgan fingerprint density at radius 2 is 2.00 bits per heavy atom. The first-order chi connectivity index (χ1) is 6.93. The fourth-order valence-corrected chi connectivity index (χ4v) is 2.11. The van der Waals surface area contributed by atoms with Crippen molar-refractivity contribution < 1.29 is 0 Å². The Bertz CT molecular complexity index is 542. The maximum absolute atomic E-state index is 2.33. The van der Waals surface area contributed by atoms with Crippen LogP contribution < -0.4 is 10.4 Å². The molecule has 0 N–H and O–H groups in total. The lowest BCUT2D eigenvalue weighted by Crippen LogP contribution is -2.20. The number of benzene rings is 1. The van der Waals surface area contributed by atoms with Gasteiger partial charge in [-0.1, -0.05) is 42.5 Å². The van der Waals surface area contributed by atoms with Crippen LogP contribution in [0.15, 0.2) is 30.4 Å². The van der Waals surface area contributed by atoms with Crippen molar-refractivity contribution in [3.63, 3.8) is 0 Å². The van der Waals surface area contributed by atoms with Crippen LogP contribution in [0.2, 0.25) is 0 Å². The smallest absolute Gasteiger partial charge is 0.00882 e. The van der Waals surface area contributed by atoms with E-state index < -0.39 is 0 Å². The lowest BCUT2D eigenvalue weighted by molar-refractivity contribution is 1.20. The van der Waals surface area contributed by atoms with Crippen LogP contribution in [0.5, 0.6) is 0 Å². The third-order valence-electron chi connectivity index (χ3n) is 2.87. The molecule has 0 saturated heterocycles. The molecule has 0 aromatic heterocycles. The molecule has 0 bridgehead atoms. The van der Waals surface area contributed by atoms with Crippen LogP contribution in [0.3, 0.4) is 0 Å². The second-order valence-corrected chi connectivity index (χ2v) is 3.82. The summed E-state index contributed by atoms with van der Waals surface area (Å²) in [7, 11) is 0. The van der Waals surface area contributed by atoms with Crippen LogP contribution in [-0.4, -0.2) is 0 Å². The van der Waals surface area contributed by atoms with E-state index in [4.69, 9.17) is 0 Å². The van der Waals surface area contributed by atoms with Crippen LogP contribution in [0, 0.1) is 0 Å². The Labute approximate surface area is 83.6 Å². The topological polar surface area (TPSA) is 0 Å². The first-order valence-corrected chi connectivity index (χ1v) is 5.10. The second kappa shape index (κ2) is 2.98. The van der Waals surface area contributed by atoms with E-state index in [2.05, 4.69) is 48.6 Å². The van der Waals surface area contributed by atoms with Crippen molar-refractivity contribution in [2.75, 3.05) is 0 Å². The van der Waals surface area contributed by atoms with Gasteiger partial charge in [0.15, 0.2) is 0 Å². The fraction of sp³-hybridized carbons (Fsp3) is 0.143. The molecule has 0 aliphatic heterocycles. The summed E-state index contributed by atoms with van der Waals surface area (Å²) in [5.74, 6) is 0. The Kier molecular flexibility index (Phi) is 1.66. The van der Waals surface area contributed by atoms with Gasteiger partial charge in [0.2, 0.25) is 0 Å². The number of allylic oxidation sites excluding steroid dienone is 3. The van der Waals surface area contributed by atoms with E-state index in [1.807, 2.05) is 0 Å². The molecule has 14 heavy (non-hydrogen) atoms. The summed E-state index contributed by atoms with van der Waals surface area (Å²) in [4.78, 5) is 0. The van der Waals surface area contributed by atoms with Crippen molar-refractivity contribution in [1.29, 1.82) is 0 Å². The molecule has 0 amide bonds. The van der Waals surface area contributed by atoms with E-state index in [9.17, 15) is 0 Å². The quantitative estimate of drug-likeness (QED) is 0.571. The zero-order chi connectivity index (χ0) is 9.38. The minimum Gasteiger partial charge on any atom is -0.0801 e. The van der Waals surface area contributed by atoms with Crippen molar-refractivity contribution in [2.45, 2.75) is 12.8 Å². The first kappa shape index (κ1) is 7.81. The van der Waals surface area contributed by atoms with Crippen LogP contribution >= 0.6 is 0 Å². The van der Waals surface area contributed by atoms with Crippen LogP contribution in [0.4, 0.5) is 0 Å². The monoisotopic (exact) mass is 180 g/mol. The zero-order valence-corrected chi connectivity index (χ0v) is 8.03. The minimum atomic E-state index is 1.07. The summed E-state index contributed by atoms with van der Waals surface area (Å²) >= 11 is 0. The van der Waals surface area contributed by atoms with Gasteiger partial charge in [-0.15, -0.1) is 0 Å². The molecule has 1 aromatic rings. The lowest BCUT2D eigenvalue weighted by Gasteiger charge is -2.08. The van der Waals surface area contributed by atoms with E-state index in [1.165, 1.54) is 21.6 Å². The number of fused-ring (bicyclic) bond motifs is 2. The van der Waals surface area contributed by atoms with Crippen molar-refractivity contribution >= 4 is 18.2 Å². The van der Waals surface area contributed by atoms with Gasteiger partial charge in [-0.2, -0.15) is 0 Å². The second-order valence-electron chi connectivity index (χ2n) is 3.82. The average molecular weight is 180 g/mol. The molecule has 68 valence electrons. The molecule has 0 radical (unpaired) electrons. The van der Waals surface area contributed by atoms with Gasteiger partial charge >= 0.3 is 0 Å². The average Bonchev–Trinajstić information content (AvgIpc) is 2.26. The van der Waals surface area contributed by atoms with E-state index >= 15 is 0 Å². The molecular weight excluding hydrogens is 168 g/mol. The van der Waals surface area contributed by atoms with Gasteiger partial charge in [0, 0.05) is 0 Å². The van der Waals surface area contributed by atoms with Crippen LogP contribution in [-0.2, 0) is 6.42 Å². The van der Waals surface area contributed by atoms with Crippen molar-refractivity contribution in [3.05, 3.63) is 51.9 Å². The molecular formula is C14H12. The molecule has 0 nitrogen and oxygen atoms in total. The maximum atomic E-state index is 2.33. The van der Waals surface area contributed by atoms with Crippen molar-refractivity contribution in [1.82, 2.24) is 0 Å². The predicted molar refractivity (Wildman–Crippen MR) is 61.1 cm³/mol. The highest BCUT2D eigenvalue weighted by Crippen LogP contribution is 2.05. The van der Waals surface area contributed by atoms with Gasteiger partial charge < -0.3 is 0 Å². The highest BCUT2D eigenvalue weighted by atomic mass is 14.1. The van der Waals surface area contributed by atoms with Crippen molar-refractivity contribution in [3.8, 4) is 0 Å². The third-order valence-corrected chi connectivity index (χ3v) is 2.87. The van der Waals surface area contributed by atoms with Gasteiger partial charge in [0.1, 0.15) is 0 Å². The molecule has 0 unspecified atom stereocenters. The molecule has 1 aromatic carbocycles. The SMILES string of the molecule is C1=CCc2cc3c(cc2=C1)C=CCC=3. The Morgan fingerprint density at radius 3 is 3.00 bits per heavy atom. The highest BCUT2D eigenvalue weighted by molar-refractivity contribution is 5.60. The first-order valence-electron chi connectivity index (χ1n) is 5.10. The molecule has 2 aliphatic carbocycles. The normalized spacial score (nSPS) is 16.6.